The number of hydrogen-bond acceptors (Lipinski definition) is 4. The first-order valence-corrected chi connectivity index (χ1v) is 12.3. The highest BCUT2D eigenvalue weighted by Crippen LogP contribution is 2.50. The molecule has 4 unspecified atom stereocenters. The van der Waals surface area contributed by atoms with E-state index in [0.717, 1.165) is 29.9 Å². The summed E-state index contributed by atoms with van der Waals surface area (Å²) in [6.45, 7) is 2.54. The van der Waals surface area contributed by atoms with Gasteiger partial charge < -0.3 is 0 Å². The van der Waals surface area contributed by atoms with Crippen molar-refractivity contribution in [3.8, 4) is 0 Å². The number of rotatable bonds is 5. The first kappa shape index (κ1) is 22.3. The normalized spacial score (nSPS) is 26.5. The van der Waals surface area contributed by atoms with E-state index in [1.54, 1.807) is 0 Å². The molecule has 2 aromatic rings. The molecule has 168 valence electrons. The molecular weight excluding hydrogens is 427 g/mol. The molecule has 0 saturated carbocycles. The Balaban J connectivity index is 1.76. The molecule has 1 saturated heterocycles. The van der Waals surface area contributed by atoms with Crippen molar-refractivity contribution in [2.24, 2.45) is 5.92 Å². The molecule has 0 spiro atoms. The third kappa shape index (κ3) is 4.52. The van der Waals surface area contributed by atoms with Crippen molar-refractivity contribution in [1.82, 2.24) is 4.90 Å². The highest BCUT2D eigenvalue weighted by atomic mass is 32.2. The van der Waals surface area contributed by atoms with Crippen LogP contribution in [0.25, 0.3) is 0 Å². The fraction of sp³-hybridized carbons (Fsp3) is 0.478. The van der Waals surface area contributed by atoms with E-state index < -0.39 is 28.1 Å². The minimum atomic E-state index is -4.41. The molecule has 0 amide bonds. The van der Waals surface area contributed by atoms with Gasteiger partial charge in [-0.15, -0.1) is 0 Å². The Morgan fingerprint density at radius 1 is 1.13 bits per heavy atom. The number of likely N-dealkylation sites (N-methyl/N-ethyl adjacent to an activating group) is 1. The average Bonchev–Trinajstić information content (AvgIpc) is 2.98. The quantitative estimate of drug-likeness (QED) is 0.621. The zero-order chi connectivity index (χ0) is 22.4. The molecule has 2 aliphatic rings. The van der Waals surface area contributed by atoms with Crippen LogP contribution in [-0.4, -0.2) is 38.4 Å². The molecule has 4 nitrogen and oxygen atoms in total. The van der Waals surface area contributed by atoms with Crippen LogP contribution >= 0.6 is 0 Å². The van der Waals surface area contributed by atoms with Gasteiger partial charge in [0.05, 0.1) is 11.8 Å². The highest BCUT2D eigenvalue weighted by molar-refractivity contribution is 7.86. The molecule has 0 bridgehead atoms. The second kappa shape index (κ2) is 8.22. The lowest BCUT2D eigenvalue weighted by Crippen LogP contribution is -2.41. The van der Waals surface area contributed by atoms with Gasteiger partial charge in [-0.05, 0) is 60.5 Å². The lowest BCUT2D eigenvalue weighted by atomic mass is 9.73. The largest absolute Gasteiger partial charge is 0.416 e. The molecule has 8 heteroatoms. The first-order valence-electron chi connectivity index (χ1n) is 10.5. The zero-order valence-electron chi connectivity index (χ0n) is 17.5. The fourth-order valence-electron chi connectivity index (χ4n) is 5.33. The minimum Gasteiger partial charge on any atom is -0.273 e. The van der Waals surface area contributed by atoms with Crippen molar-refractivity contribution in [1.29, 1.82) is 0 Å². The number of likely N-dealkylation sites (tertiary alicyclic amines) is 1. The number of alkyl halides is 3. The number of aryl methyl sites for hydroxylation is 1. The van der Waals surface area contributed by atoms with Crippen LogP contribution in [0.15, 0.2) is 48.5 Å². The predicted octanol–water partition coefficient (Wildman–Crippen LogP) is 4.60. The second-order valence-electron chi connectivity index (χ2n) is 8.42. The van der Waals surface area contributed by atoms with E-state index in [9.17, 15) is 21.6 Å². The van der Waals surface area contributed by atoms with Gasteiger partial charge in [0.15, 0.2) is 0 Å². The zero-order valence-corrected chi connectivity index (χ0v) is 18.3. The lowest BCUT2D eigenvalue weighted by Gasteiger charge is -2.32. The van der Waals surface area contributed by atoms with Crippen molar-refractivity contribution < 1.29 is 25.8 Å². The topological polar surface area (TPSA) is 46.6 Å². The summed E-state index contributed by atoms with van der Waals surface area (Å²) in [4.78, 5) is 2.07. The van der Waals surface area contributed by atoms with Crippen LogP contribution in [0.5, 0.6) is 0 Å². The van der Waals surface area contributed by atoms with Crippen LogP contribution in [0.1, 0.15) is 41.5 Å². The fourth-order valence-corrected chi connectivity index (χ4v) is 5.92. The maximum atomic E-state index is 13.2. The summed E-state index contributed by atoms with van der Waals surface area (Å²) >= 11 is 0. The standard InChI is InChI=1S/C23H26F3NO3S/c1-3-27-20(13-15-7-5-4-6-8-15)19-11-9-16-14-17(23(24,25)26)10-12-18(16)21(19)22(27)30-31(2,28)29/h4-8,10,12,14,19-22H,3,9,11,13H2,1-2H3. The molecule has 1 aliphatic heterocycles. The third-order valence-corrected chi connectivity index (χ3v) is 7.06. The van der Waals surface area contributed by atoms with Gasteiger partial charge in [0.25, 0.3) is 10.1 Å². The Hall–Kier alpha value is -1.90. The van der Waals surface area contributed by atoms with Gasteiger partial charge in [0.2, 0.25) is 0 Å². The van der Waals surface area contributed by atoms with Crippen molar-refractivity contribution in [2.45, 2.75) is 50.6 Å². The molecule has 0 radical (unpaired) electrons. The third-order valence-electron chi connectivity index (χ3n) is 6.52. The van der Waals surface area contributed by atoms with Gasteiger partial charge in [-0.25, -0.2) is 0 Å². The molecule has 1 aliphatic carbocycles. The monoisotopic (exact) mass is 453 g/mol. The van der Waals surface area contributed by atoms with Crippen molar-refractivity contribution in [3.63, 3.8) is 0 Å². The van der Waals surface area contributed by atoms with Crippen molar-refractivity contribution in [3.05, 3.63) is 70.8 Å². The summed E-state index contributed by atoms with van der Waals surface area (Å²) in [5, 5.41) is 0. The number of halogens is 3. The van der Waals surface area contributed by atoms with Crippen LogP contribution in [0.4, 0.5) is 13.2 Å². The SMILES string of the molecule is CCN1C(Cc2ccccc2)C2CCc3cc(C(F)(F)F)ccc3C2C1OS(C)(=O)=O. The molecule has 31 heavy (non-hydrogen) atoms. The van der Waals surface area contributed by atoms with Gasteiger partial charge >= 0.3 is 6.18 Å². The summed E-state index contributed by atoms with van der Waals surface area (Å²) in [7, 11) is -3.75. The Kier molecular flexibility index (Phi) is 5.91. The van der Waals surface area contributed by atoms with Crippen LogP contribution in [0.3, 0.4) is 0 Å². The van der Waals surface area contributed by atoms with E-state index in [0.29, 0.717) is 24.9 Å². The van der Waals surface area contributed by atoms with E-state index >= 15 is 0 Å². The van der Waals surface area contributed by atoms with Gasteiger partial charge in [-0.1, -0.05) is 43.3 Å². The molecule has 2 aromatic carbocycles. The molecule has 4 rings (SSSR count). The van der Waals surface area contributed by atoms with E-state index in [-0.39, 0.29) is 17.9 Å². The average molecular weight is 454 g/mol. The number of hydrogen-bond donors (Lipinski definition) is 0. The van der Waals surface area contributed by atoms with Gasteiger partial charge in [0, 0.05) is 12.0 Å². The molecule has 0 N–H and O–H groups in total. The summed E-state index contributed by atoms with van der Waals surface area (Å²) < 4.78 is 69.4. The maximum Gasteiger partial charge on any atom is 0.416 e. The number of nitrogens with zero attached hydrogens (tertiary/aromatic N) is 1. The van der Waals surface area contributed by atoms with E-state index in [1.807, 2.05) is 37.3 Å². The van der Waals surface area contributed by atoms with Crippen molar-refractivity contribution in [2.75, 3.05) is 12.8 Å². The number of fused-ring (bicyclic) bond motifs is 3. The number of benzene rings is 2. The van der Waals surface area contributed by atoms with E-state index in [4.69, 9.17) is 4.18 Å². The van der Waals surface area contributed by atoms with Gasteiger partial charge in [0.1, 0.15) is 6.23 Å². The van der Waals surface area contributed by atoms with Crippen LogP contribution in [-0.2, 0) is 33.3 Å². The second-order valence-corrected chi connectivity index (χ2v) is 10.0. The smallest absolute Gasteiger partial charge is 0.273 e. The lowest BCUT2D eigenvalue weighted by molar-refractivity contribution is -0.137. The van der Waals surface area contributed by atoms with Crippen molar-refractivity contribution >= 4 is 10.1 Å². The Labute approximate surface area is 181 Å². The minimum absolute atomic E-state index is 0.0413. The van der Waals surface area contributed by atoms with E-state index in [1.165, 1.54) is 12.1 Å². The van der Waals surface area contributed by atoms with Gasteiger partial charge in [-0.3, -0.25) is 9.08 Å². The van der Waals surface area contributed by atoms with Gasteiger partial charge in [-0.2, -0.15) is 21.6 Å². The molecule has 4 atom stereocenters. The Bertz CT molecular complexity index is 1040. The highest BCUT2D eigenvalue weighted by Gasteiger charge is 2.52. The summed E-state index contributed by atoms with van der Waals surface area (Å²) in [5.74, 6) is -0.203. The summed E-state index contributed by atoms with van der Waals surface area (Å²) in [5.41, 5.74) is 1.88. The van der Waals surface area contributed by atoms with Crippen LogP contribution in [0, 0.1) is 5.92 Å². The maximum absolute atomic E-state index is 13.2. The Morgan fingerprint density at radius 2 is 1.84 bits per heavy atom. The Morgan fingerprint density at radius 3 is 2.45 bits per heavy atom. The summed E-state index contributed by atoms with van der Waals surface area (Å²) in [6, 6.07) is 13.8. The predicted molar refractivity (Wildman–Crippen MR) is 112 cm³/mol. The molecule has 1 fully saturated rings. The summed E-state index contributed by atoms with van der Waals surface area (Å²) in [6.07, 6.45) is -2.15. The molecule has 0 aromatic heterocycles. The first-order chi connectivity index (χ1) is 14.6. The molecule has 1 heterocycles. The molecular formula is C23H26F3NO3S. The van der Waals surface area contributed by atoms with Crippen LogP contribution in [0.2, 0.25) is 0 Å². The van der Waals surface area contributed by atoms with Crippen LogP contribution < -0.4 is 0 Å². The van der Waals surface area contributed by atoms with E-state index in [2.05, 4.69) is 4.90 Å².